The Morgan fingerprint density at radius 2 is 1.90 bits per heavy atom. The predicted molar refractivity (Wildman–Crippen MR) is 82.8 cm³/mol. The summed E-state index contributed by atoms with van der Waals surface area (Å²) in [7, 11) is 1.43. The third kappa shape index (κ3) is 4.70. The van der Waals surface area contributed by atoms with E-state index in [2.05, 4.69) is 0 Å². The van der Waals surface area contributed by atoms with E-state index in [0.717, 1.165) is 17.7 Å². The van der Waals surface area contributed by atoms with E-state index in [1.165, 1.54) is 32.1 Å². The summed E-state index contributed by atoms with van der Waals surface area (Å²) >= 11 is 3.49. The number of ether oxygens (including phenoxy) is 1. The molecule has 5 heteroatoms. The first kappa shape index (κ1) is 15.7. The van der Waals surface area contributed by atoms with E-state index in [-0.39, 0.29) is 11.8 Å². The van der Waals surface area contributed by atoms with Crippen molar-refractivity contribution in [2.24, 2.45) is 0 Å². The summed E-state index contributed by atoms with van der Waals surface area (Å²) in [5.74, 6) is 0.0579. The third-order valence-electron chi connectivity index (χ3n) is 3.39. The average Bonchev–Trinajstić information content (AvgIpc) is 2.48. The van der Waals surface area contributed by atoms with Gasteiger partial charge in [-0.2, -0.15) is 0 Å². The molecule has 0 aliphatic heterocycles. The van der Waals surface area contributed by atoms with E-state index < -0.39 is 0 Å². The zero-order valence-electron chi connectivity index (χ0n) is 11.5. The molecular weight excluding hydrogens is 295 g/mol. The lowest BCUT2D eigenvalue weighted by Gasteiger charge is -2.30. The Morgan fingerprint density at radius 1 is 1.25 bits per heavy atom. The summed E-state index contributed by atoms with van der Waals surface area (Å²) < 4.78 is 17.6. The van der Waals surface area contributed by atoms with Crippen molar-refractivity contribution in [3.63, 3.8) is 0 Å². The maximum atomic E-state index is 12.9. The van der Waals surface area contributed by atoms with Crippen LogP contribution in [-0.4, -0.2) is 29.3 Å². The van der Waals surface area contributed by atoms with Gasteiger partial charge in [0.25, 0.3) is 0 Å². The van der Waals surface area contributed by atoms with E-state index in [1.807, 2.05) is 12.1 Å². The van der Waals surface area contributed by atoms with Crippen molar-refractivity contribution in [2.75, 3.05) is 12.9 Å². The number of esters is 1. The molecular formula is C15H19FO2S2. The molecule has 1 aromatic rings. The van der Waals surface area contributed by atoms with Gasteiger partial charge in [-0.05, 0) is 37.1 Å². The first-order valence-electron chi connectivity index (χ1n) is 6.79. The molecule has 0 amide bonds. The first-order valence-corrected chi connectivity index (χ1v) is 8.72. The van der Waals surface area contributed by atoms with Gasteiger partial charge in [-0.3, -0.25) is 4.79 Å². The molecule has 2 nitrogen and oxygen atoms in total. The molecule has 0 spiro atoms. The number of halogens is 1. The smallest absolute Gasteiger partial charge is 0.315 e. The van der Waals surface area contributed by atoms with Gasteiger partial charge in [-0.25, -0.2) is 4.39 Å². The number of rotatable bonds is 5. The molecule has 110 valence electrons. The predicted octanol–water partition coefficient (Wildman–Crippen LogP) is 4.14. The number of methoxy groups -OCH3 is 1. The summed E-state index contributed by atoms with van der Waals surface area (Å²) in [5, 5.41) is 0.960. The fourth-order valence-corrected chi connectivity index (χ4v) is 5.08. The van der Waals surface area contributed by atoms with Gasteiger partial charge in [0, 0.05) is 15.4 Å². The molecule has 2 unspecified atom stereocenters. The maximum Gasteiger partial charge on any atom is 0.315 e. The van der Waals surface area contributed by atoms with Gasteiger partial charge >= 0.3 is 5.97 Å². The Kier molecular flexibility index (Phi) is 6.23. The van der Waals surface area contributed by atoms with Crippen molar-refractivity contribution < 1.29 is 13.9 Å². The topological polar surface area (TPSA) is 26.3 Å². The number of thioether (sulfide) groups is 2. The number of carbonyl (C=O) groups is 1. The Morgan fingerprint density at radius 3 is 2.55 bits per heavy atom. The molecule has 2 atom stereocenters. The molecule has 0 radical (unpaired) electrons. The van der Waals surface area contributed by atoms with E-state index in [1.54, 1.807) is 23.5 Å². The average molecular weight is 314 g/mol. The number of carbonyl (C=O) groups excluding carboxylic acids is 1. The van der Waals surface area contributed by atoms with Crippen molar-refractivity contribution in [3.05, 3.63) is 30.1 Å². The molecule has 20 heavy (non-hydrogen) atoms. The normalized spacial score (nSPS) is 22.5. The largest absolute Gasteiger partial charge is 0.468 e. The molecule has 1 saturated carbocycles. The zero-order chi connectivity index (χ0) is 14.4. The molecule has 0 aromatic heterocycles. The van der Waals surface area contributed by atoms with Crippen LogP contribution in [0.2, 0.25) is 0 Å². The first-order chi connectivity index (χ1) is 9.69. The zero-order valence-corrected chi connectivity index (χ0v) is 13.1. The van der Waals surface area contributed by atoms with Crippen LogP contribution < -0.4 is 0 Å². The highest BCUT2D eigenvalue weighted by molar-refractivity contribution is 8.04. The van der Waals surface area contributed by atoms with Gasteiger partial charge in [-0.1, -0.05) is 12.8 Å². The lowest BCUT2D eigenvalue weighted by Crippen LogP contribution is -2.25. The van der Waals surface area contributed by atoms with Gasteiger partial charge in [0.15, 0.2) is 0 Å². The number of benzene rings is 1. The molecule has 0 saturated heterocycles. The van der Waals surface area contributed by atoms with Crippen molar-refractivity contribution in [2.45, 2.75) is 41.1 Å². The number of hydrogen-bond acceptors (Lipinski definition) is 4. The quantitative estimate of drug-likeness (QED) is 0.763. The highest BCUT2D eigenvalue weighted by Gasteiger charge is 2.27. The van der Waals surface area contributed by atoms with Gasteiger partial charge in [0.1, 0.15) is 5.82 Å². The third-order valence-corrected chi connectivity index (χ3v) is 6.36. The minimum atomic E-state index is -0.199. The van der Waals surface area contributed by atoms with Crippen LogP contribution >= 0.6 is 23.5 Å². The second kappa shape index (κ2) is 7.93. The van der Waals surface area contributed by atoms with Crippen LogP contribution in [0.25, 0.3) is 0 Å². The Hall–Kier alpha value is -0.680. The Bertz CT molecular complexity index is 436. The molecule has 2 rings (SSSR count). The molecule has 1 aromatic carbocycles. The molecule has 0 heterocycles. The van der Waals surface area contributed by atoms with Gasteiger partial charge < -0.3 is 4.74 Å². The summed E-state index contributed by atoms with van der Waals surface area (Å²) in [4.78, 5) is 12.4. The van der Waals surface area contributed by atoms with Crippen LogP contribution in [0.3, 0.4) is 0 Å². The van der Waals surface area contributed by atoms with Crippen LogP contribution in [0.5, 0.6) is 0 Å². The lowest BCUT2D eigenvalue weighted by atomic mass is 10.00. The lowest BCUT2D eigenvalue weighted by molar-refractivity contribution is -0.137. The molecule has 1 aliphatic rings. The summed E-state index contributed by atoms with van der Waals surface area (Å²) in [6, 6.07) is 6.66. The van der Waals surface area contributed by atoms with Gasteiger partial charge in [0.05, 0.1) is 12.9 Å². The highest BCUT2D eigenvalue weighted by Crippen LogP contribution is 2.39. The fraction of sp³-hybridized carbons (Fsp3) is 0.533. The van der Waals surface area contributed by atoms with Crippen molar-refractivity contribution in [3.8, 4) is 0 Å². The second-order valence-corrected chi connectivity index (χ2v) is 7.36. The second-order valence-electron chi connectivity index (χ2n) is 4.82. The highest BCUT2D eigenvalue weighted by atomic mass is 32.2. The fourth-order valence-electron chi connectivity index (χ4n) is 2.31. The molecule has 0 N–H and O–H groups in total. The van der Waals surface area contributed by atoms with E-state index in [4.69, 9.17) is 4.74 Å². The van der Waals surface area contributed by atoms with Crippen molar-refractivity contribution in [1.82, 2.24) is 0 Å². The van der Waals surface area contributed by atoms with Crippen LogP contribution in [0.1, 0.15) is 25.7 Å². The molecule has 1 fully saturated rings. The minimum Gasteiger partial charge on any atom is -0.468 e. The number of hydrogen-bond donors (Lipinski definition) is 0. The monoisotopic (exact) mass is 314 g/mol. The van der Waals surface area contributed by atoms with Crippen LogP contribution in [0, 0.1) is 5.82 Å². The van der Waals surface area contributed by atoms with E-state index in [9.17, 15) is 9.18 Å². The Balaban J connectivity index is 1.92. The Labute approximate surface area is 127 Å². The SMILES string of the molecule is COC(=O)CSC1CCCCC1Sc1ccc(F)cc1. The summed E-state index contributed by atoms with van der Waals surface area (Å²) in [6.07, 6.45) is 4.74. The summed E-state index contributed by atoms with van der Waals surface area (Å²) in [6.45, 7) is 0. The van der Waals surface area contributed by atoms with Gasteiger partial charge in [-0.15, -0.1) is 23.5 Å². The minimum absolute atomic E-state index is 0.161. The van der Waals surface area contributed by atoms with Crippen LogP contribution in [0.15, 0.2) is 29.2 Å². The van der Waals surface area contributed by atoms with E-state index in [0.29, 0.717) is 16.3 Å². The molecule has 0 bridgehead atoms. The summed E-state index contributed by atoms with van der Waals surface area (Å²) in [5.41, 5.74) is 0. The van der Waals surface area contributed by atoms with E-state index >= 15 is 0 Å². The van der Waals surface area contributed by atoms with Gasteiger partial charge in [0.2, 0.25) is 0 Å². The van der Waals surface area contributed by atoms with Crippen molar-refractivity contribution >= 4 is 29.5 Å². The van der Waals surface area contributed by atoms with Crippen LogP contribution in [0.4, 0.5) is 4.39 Å². The van der Waals surface area contributed by atoms with Crippen molar-refractivity contribution in [1.29, 1.82) is 0 Å². The standard InChI is InChI=1S/C15H19FO2S2/c1-18-15(17)10-19-13-4-2-3-5-14(13)20-12-8-6-11(16)7-9-12/h6-9,13-14H,2-5,10H2,1H3. The van der Waals surface area contributed by atoms with Crippen LogP contribution in [-0.2, 0) is 9.53 Å². The molecule has 1 aliphatic carbocycles. The maximum absolute atomic E-state index is 12.9.